The minimum Gasteiger partial charge on any atom is -0.299 e. The van der Waals surface area contributed by atoms with Gasteiger partial charge in [0.2, 0.25) is 0 Å². The number of ketones is 2. The van der Waals surface area contributed by atoms with Crippen molar-refractivity contribution in [3.8, 4) is 0 Å². The quantitative estimate of drug-likeness (QED) is 0.745. The molecule has 0 bridgehead atoms. The Morgan fingerprint density at radius 1 is 1.22 bits per heavy atom. The molecule has 0 radical (unpaired) electrons. The SMILES string of the molecule is CC(C)C(=O)Cn1ccc(CC(C)C(=O)Cc2cnn(C)c2)n1. The lowest BCUT2D eigenvalue weighted by Gasteiger charge is -2.08. The van der Waals surface area contributed by atoms with Crippen LogP contribution in [-0.4, -0.2) is 31.1 Å². The molecule has 0 saturated carbocycles. The molecule has 2 heterocycles. The van der Waals surface area contributed by atoms with E-state index >= 15 is 0 Å². The Hall–Kier alpha value is -2.24. The van der Waals surface area contributed by atoms with Gasteiger partial charge in [-0.15, -0.1) is 0 Å². The van der Waals surface area contributed by atoms with E-state index < -0.39 is 0 Å². The van der Waals surface area contributed by atoms with Gasteiger partial charge in [-0.25, -0.2) is 0 Å². The first-order chi connectivity index (χ1) is 10.8. The largest absolute Gasteiger partial charge is 0.299 e. The monoisotopic (exact) mass is 316 g/mol. The van der Waals surface area contributed by atoms with E-state index in [1.807, 2.05) is 40.1 Å². The summed E-state index contributed by atoms with van der Waals surface area (Å²) in [6.45, 7) is 5.96. The second kappa shape index (κ2) is 7.35. The van der Waals surface area contributed by atoms with Crippen molar-refractivity contribution in [2.45, 2.75) is 40.2 Å². The summed E-state index contributed by atoms with van der Waals surface area (Å²) in [4.78, 5) is 24.0. The van der Waals surface area contributed by atoms with Crippen molar-refractivity contribution in [2.24, 2.45) is 18.9 Å². The van der Waals surface area contributed by atoms with Crippen molar-refractivity contribution in [3.63, 3.8) is 0 Å². The highest BCUT2D eigenvalue weighted by molar-refractivity contribution is 5.83. The first kappa shape index (κ1) is 17.1. The molecule has 0 aromatic carbocycles. The summed E-state index contributed by atoms with van der Waals surface area (Å²) in [5, 5.41) is 8.47. The van der Waals surface area contributed by atoms with Gasteiger partial charge in [-0.05, 0) is 11.6 Å². The third kappa shape index (κ3) is 4.87. The molecule has 0 spiro atoms. The molecule has 2 aromatic rings. The summed E-state index contributed by atoms with van der Waals surface area (Å²) in [6, 6.07) is 1.88. The minimum atomic E-state index is -0.112. The first-order valence-electron chi connectivity index (χ1n) is 7.90. The number of hydrogen-bond acceptors (Lipinski definition) is 4. The fourth-order valence-electron chi connectivity index (χ4n) is 2.31. The standard InChI is InChI=1S/C17H24N4O2/c1-12(2)17(23)11-21-6-5-15(19-21)7-13(3)16(22)8-14-9-18-20(4)10-14/h5-6,9-10,12-13H,7-8,11H2,1-4H3. The van der Waals surface area contributed by atoms with E-state index in [1.54, 1.807) is 21.8 Å². The molecule has 0 saturated heterocycles. The van der Waals surface area contributed by atoms with E-state index in [1.165, 1.54) is 0 Å². The molecular formula is C17H24N4O2. The molecule has 1 atom stereocenters. The maximum Gasteiger partial charge on any atom is 0.156 e. The smallest absolute Gasteiger partial charge is 0.156 e. The average molecular weight is 316 g/mol. The molecule has 124 valence electrons. The number of aromatic nitrogens is 4. The second-order valence-corrected chi connectivity index (χ2v) is 6.40. The predicted molar refractivity (Wildman–Crippen MR) is 86.9 cm³/mol. The molecule has 0 fully saturated rings. The summed E-state index contributed by atoms with van der Waals surface area (Å²) in [5.41, 5.74) is 1.77. The van der Waals surface area contributed by atoms with Crippen LogP contribution in [0.3, 0.4) is 0 Å². The zero-order valence-corrected chi connectivity index (χ0v) is 14.2. The van der Waals surface area contributed by atoms with Crippen LogP contribution in [0.1, 0.15) is 32.0 Å². The molecule has 0 aliphatic rings. The zero-order valence-electron chi connectivity index (χ0n) is 14.2. The normalized spacial score (nSPS) is 12.6. The number of nitrogens with zero attached hydrogens (tertiary/aromatic N) is 4. The van der Waals surface area contributed by atoms with Crippen LogP contribution in [0.25, 0.3) is 0 Å². The third-order valence-electron chi connectivity index (χ3n) is 3.86. The summed E-state index contributed by atoms with van der Waals surface area (Å²) in [5.74, 6) is 0.216. The Kier molecular flexibility index (Phi) is 5.47. The Balaban J connectivity index is 1.89. The van der Waals surface area contributed by atoms with Gasteiger partial charge in [0.15, 0.2) is 5.78 Å². The molecule has 0 N–H and O–H groups in total. The van der Waals surface area contributed by atoms with Gasteiger partial charge in [-0.2, -0.15) is 10.2 Å². The van der Waals surface area contributed by atoms with Crippen LogP contribution in [0.4, 0.5) is 0 Å². The third-order valence-corrected chi connectivity index (χ3v) is 3.86. The van der Waals surface area contributed by atoms with Crippen LogP contribution in [0, 0.1) is 11.8 Å². The lowest BCUT2D eigenvalue weighted by atomic mass is 9.96. The van der Waals surface area contributed by atoms with E-state index in [2.05, 4.69) is 10.2 Å². The Labute approximate surface area is 136 Å². The van der Waals surface area contributed by atoms with E-state index in [-0.39, 0.29) is 29.9 Å². The minimum absolute atomic E-state index is 0.00244. The molecule has 6 nitrogen and oxygen atoms in total. The summed E-state index contributed by atoms with van der Waals surface area (Å²) in [7, 11) is 1.84. The fraction of sp³-hybridized carbons (Fsp3) is 0.529. The number of aryl methyl sites for hydroxylation is 1. The van der Waals surface area contributed by atoms with Crippen molar-refractivity contribution in [3.05, 3.63) is 35.9 Å². The van der Waals surface area contributed by atoms with Gasteiger partial charge in [-0.3, -0.25) is 19.0 Å². The number of carbonyl (C=O) groups is 2. The highest BCUT2D eigenvalue weighted by atomic mass is 16.1. The number of rotatable bonds is 8. The molecule has 0 aliphatic heterocycles. The molecule has 1 unspecified atom stereocenters. The van der Waals surface area contributed by atoms with Gasteiger partial charge in [0.1, 0.15) is 5.78 Å². The fourth-order valence-corrected chi connectivity index (χ4v) is 2.31. The molecule has 0 aliphatic carbocycles. The van der Waals surface area contributed by atoms with Gasteiger partial charge in [-0.1, -0.05) is 20.8 Å². The van der Waals surface area contributed by atoms with Gasteiger partial charge in [0.05, 0.1) is 18.4 Å². The zero-order chi connectivity index (χ0) is 17.0. The Bertz CT molecular complexity index is 684. The van der Waals surface area contributed by atoms with Gasteiger partial charge in [0, 0.05) is 44.1 Å². The van der Waals surface area contributed by atoms with Crippen LogP contribution in [0.2, 0.25) is 0 Å². The molecule has 2 rings (SSSR count). The second-order valence-electron chi connectivity index (χ2n) is 6.40. The highest BCUT2D eigenvalue weighted by Gasteiger charge is 2.17. The number of hydrogen-bond donors (Lipinski definition) is 0. The van der Waals surface area contributed by atoms with Crippen LogP contribution >= 0.6 is 0 Å². The van der Waals surface area contributed by atoms with Crippen molar-refractivity contribution >= 4 is 11.6 Å². The van der Waals surface area contributed by atoms with E-state index in [0.29, 0.717) is 12.8 Å². The molecule has 6 heteroatoms. The van der Waals surface area contributed by atoms with Crippen molar-refractivity contribution < 1.29 is 9.59 Å². The van der Waals surface area contributed by atoms with Gasteiger partial charge in [0.25, 0.3) is 0 Å². The molecule has 23 heavy (non-hydrogen) atoms. The van der Waals surface area contributed by atoms with E-state index in [0.717, 1.165) is 11.3 Å². The molecule has 0 amide bonds. The maximum atomic E-state index is 12.3. The summed E-state index contributed by atoms with van der Waals surface area (Å²) in [6.07, 6.45) is 6.35. The summed E-state index contributed by atoms with van der Waals surface area (Å²) < 4.78 is 3.34. The predicted octanol–water partition coefficient (Wildman–Crippen LogP) is 1.83. The van der Waals surface area contributed by atoms with Crippen LogP contribution < -0.4 is 0 Å². The van der Waals surface area contributed by atoms with E-state index in [4.69, 9.17) is 0 Å². The Morgan fingerprint density at radius 2 is 1.96 bits per heavy atom. The lowest BCUT2D eigenvalue weighted by molar-refractivity contribution is -0.123. The number of carbonyl (C=O) groups excluding carboxylic acids is 2. The highest BCUT2D eigenvalue weighted by Crippen LogP contribution is 2.11. The first-order valence-corrected chi connectivity index (χ1v) is 7.90. The van der Waals surface area contributed by atoms with Crippen molar-refractivity contribution in [2.75, 3.05) is 0 Å². The topological polar surface area (TPSA) is 69.8 Å². The van der Waals surface area contributed by atoms with Crippen LogP contribution in [-0.2, 0) is 36.0 Å². The van der Waals surface area contributed by atoms with Crippen LogP contribution in [0.5, 0.6) is 0 Å². The summed E-state index contributed by atoms with van der Waals surface area (Å²) >= 11 is 0. The van der Waals surface area contributed by atoms with Crippen molar-refractivity contribution in [1.29, 1.82) is 0 Å². The van der Waals surface area contributed by atoms with Crippen LogP contribution in [0.15, 0.2) is 24.7 Å². The average Bonchev–Trinajstić information content (AvgIpc) is 3.08. The maximum absolute atomic E-state index is 12.3. The number of Topliss-reactive ketones (excluding diaryl/α,β-unsaturated/α-hetero) is 2. The molecule has 2 aromatic heterocycles. The van der Waals surface area contributed by atoms with Gasteiger partial charge < -0.3 is 0 Å². The van der Waals surface area contributed by atoms with E-state index in [9.17, 15) is 9.59 Å². The van der Waals surface area contributed by atoms with Crippen molar-refractivity contribution in [1.82, 2.24) is 19.6 Å². The lowest BCUT2D eigenvalue weighted by Crippen LogP contribution is -2.18. The van der Waals surface area contributed by atoms with Gasteiger partial charge >= 0.3 is 0 Å². The molecular weight excluding hydrogens is 292 g/mol. The Morgan fingerprint density at radius 3 is 2.57 bits per heavy atom.